The van der Waals surface area contributed by atoms with Gasteiger partial charge in [0.1, 0.15) is 6.42 Å². The molecule has 11 heteroatoms. The SMILES string of the molecule is CNc1nc([C@H]2CN(C(=O)CC#N)CC[C@H]2C)c2ccn(C(=O)Nc3ccc(N4CCNCC4)cc3)c2n1. The van der Waals surface area contributed by atoms with E-state index in [-0.39, 0.29) is 30.2 Å². The Kier molecular flexibility index (Phi) is 7.42. The number of fused-ring (bicyclic) bond motifs is 1. The number of amides is 2. The predicted molar refractivity (Wildman–Crippen MR) is 146 cm³/mol. The lowest BCUT2D eigenvalue weighted by atomic mass is 9.83. The van der Waals surface area contributed by atoms with E-state index in [9.17, 15) is 9.59 Å². The molecule has 5 rings (SSSR count). The van der Waals surface area contributed by atoms with E-state index in [4.69, 9.17) is 10.2 Å². The summed E-state index contributed by atoms with van der Waals surface area (Å²) in [5.41, 5.74) is 3.14. The molecule has 2 amide bonds. The lowest BCUT2D eigenvalue weighted by Gasteiger charge is -2.36. The van der Waals surface area contributed by atoms with Crippen molar-refractivity contribution in [1.82, 2.24) is 24.8 Å². The number of piperazine rings is 1. The average molecular weight is 516 g/mol. The first-order chi connectivity index (χ1) is 18.5. The molecule has 0 spiro atoms. The minimum Gasteiger partial charge on any atom is -0.369 e. The van der Waals surface area contributed by atoms with E-state index >= 15 is 0 Å². The molecule has 38 heavy (non-hydrogen) atoms. The van der Waals surface area contributed by atoms with Crippen molar-refractivity contribution in [2.24, 2.45) is 5.92 Å². The number of hydrogen-bond acceptors (Lipinski definition) is 8. The molecule has 2 aromatic heterocycles. The fourth-order valence-electron chi connectivity index (χ4n) is 5.29. The molecule has 0 radical (unpaired) electrons. The standard InChI is InChI=1S/C27H33N9O2/c1-18-8-13-35(23(37)7-10-28)17-22(18)24-21-9-14-36(25(21)33-26(29-2)32-24)27(38)31-19-3-5-20(6-4-19)34-15-11-30-12-16-34/h3-6,9,14,18,22,30H,7-8,11-13,15-17H2,1-2H3,(H,31,38)(H,29,32,33)/t18-,22+/m1/s1. The van der Waals surface area contributed by atoms with Gasteiger partial charge in [-0.1, -0.05) is 6.92 Å². The molecule has 2 aliphatic heterocycles. The van der Waals surface area contributed by atoms with Crippen molar-refractivity contribution in [3.8, 4) is 6.07 Å². The first kappa shape index (κ1) is 25.5. The molecule has 1 aromatic carbocycles. The van der Waals surface area contributed by atoms with Crippen molar-refractivity contribution in [3.05, 3.63) is 42.2 Å². The van der Waals surface area contributed by atoms with Crippen LogP contribution in [0.5, 0.6) is 0 Å². The molecule has 0 aliphatic carbocycles. The van der Waals surface area contributed by atoms with Crippen molar-refractivity contribution < 1.29 is 9.59 Å². The molecular formula is C27H33N9O2. The fraction of sp³-hybridized carbons (Fsp3) is 0.444. The molecule has 0 bridgehead atoms. The van der Waals surface area contributed by atoms with Crippen LogP contribution in [0.4, 0.5) is 22.1 Å². The van der Waals surface area contributed by atoms with Crippen LogP contribution in [0.1, 0.15) is 31.4 Å². The van der Waals surface area contributed by atoms with Crippen LogP contribution < -0.4 is 20.9 Å². The van der Waals surface area contributed by atoms with Gasteiger partial charge < -0.3 is 25.8 Å². The molecule has 3 N–H and O–H groups in total. The van der Waals surface area contributed by atoms with Gasteiger partial charge in [0.25, 0.3) is 0 Å². The number of nitrogens with one attached hydrogen (secondary N) is 3. The quantitative estimate of drug-likeness (QED) is 0.473. The van der Waals surface area contributed by atoms with E-state index in [2.05, 4.69) is 32.8 Å². The van der Waals surface area contributed by atoms with Gasteiger partial charge in [0.2, 0.25) is 11.9 Å². The maximum absolute atomic E-state index is 13.3. The Hall–Kier alpha value is -4.17. The average Bonchev–Trinajstić information content (AvgIpc) is 3.38. The highest BCUT2D eigenvalue weighted by molar-refractivity contribution is 5.98. The molecule has 2 saturated heterocycles. The van der Waals surface area contributed by atoms with Gasteiger partial charge in [-0.2, -0.15) is 10.2 Å². The second-order valence-corrected chi connectivity index (χ2v) is 9.87. The first-order valence-corrected chi connectivity index (χ1v) is 13.1. The monoisotopic (exact) mass is 515 g/mol. The van der Waals surface area contributed by atoms with Crippen molar-refractivity contribution >= 4 is 40.3 Å². The third-order valence-corrected chi connectivity index (χ3v) is 7.51. The molecule has 2 fully saturated rings. The number of hydrogen-bond donors (Lipinski definition) is 3. The number of likely N-dealkylation sites (tertiary alicyclic amines) is 1. The smallest absolute Gasteiger partial charge is 0.331 e. The Bertz CT molecular complexity index is 1360. The van der Waals surface area contributed by atoms with Gasteiger partial charge in [-0.15, -0.1) is 0 Å². The van der Waals surface area contributed by atoms with Gasteiger partial charge in [0.05, 0.1) is 11.8 Å². The third kappa shape index (κ3) is 5.13. The van der Waals surface area contributed by atoms with Crippen LogP contribution in [0.25, 0.3) is 11.0 Å². The van der Waals surface area contributed by atoms with Gasteiger partial charge in [-0.3, -0.25) is 9.36 Å². The third-order valence-electron chi connectivity index (χ3n) is 7.51. The molecule has 2 aliphatic rings. The summed E-state index contributed by atoms with van der Waals surface area (Å²) < 4.78 is 1.50. The van der Waals surface area contributed by atoms with Gasteiger partial charge >= 0.3 is 6.03 Å². The van der Waals surface area contributed by atoms with Crippen molar-refractivity contribution in [3.63, 3.8) is 0 Å². The molecule has 0 unspecified atom stereocenters. The fourth-order valence-corrected chi connectivity index (χ4v) is 5.29. The minimum atomic E-state index is -0.316. The predicted octanol–water partition coefficient (Wildman–Crippen LogP) is 2.83. The van der Waals surface area contributed by atoms with Crippen LogP contribution in [-0.2, 0) is 4.79 Å². The number of benzene rings is 1. The Labute approximate surface area is 221 Å². The van der Waals surface area contributed by atoms with Crippen LogP contribution in [0.15, 0.2) is 36.5 Å². The first-order valence-electron chi connectivity index (χ1n) is 13.1. The van der Waals surface area contributed by atoms with Crippen LogP contribution in [0.2, 0.25) is 0 Å². The topological polar surface area (TPSA) is 131 Å². The van der Waals surface area contributed by atoms with Crippen molar-refractivity contribution in [2.45, 2.75) is 25.7 Å². The second kappa shape index (κ2) is 11.1. The van der Waals surface area contributed by atoms with Gasteiger partial charge in [0, 0.05) is 75.2 Å². The number of nitrogens with zero attached hydrogens (tertiary/aromatic N) is 6. The number of anilines is 3. The van der Waals surface area contributed by atoms with E-state index < -0.39 is 0 Å². The molecular weight excluding hydrogens is 482 g/mol. The van der Waals surface area contributed by atoms with Crippen molar-refractivity contribution in [1.29, 1.82) is 5.26 Å². The Morgan fingerprint density at radius 3 is 2.61 bits per heavy atom. The number of rotatable bonds is 5. The number of nitriles is 1. The largest absolute Gasteiger partial charge is 0.369 e. The number of aromatic nitrogens is 3. The summed E-state index contributed by atoms with van der Waals surface area (Å²) in [6.07, 6.45) is 2.39. The number of piperidine rings is 1. The maximum atomic E-state index is 13.3. The van der Waals surface area contributed by atoms with Gasteiger partial charge in [-0.05, 0) is 42.7 Å². The van der Waals surface area contributed by atoms with E-state index in [1.807, 2.05) is 36.4 Å². The number of carbonyl (C=O) groups excluding carboxylic acids is 2. The number of carbonyl (C=O) groups is 2. The lowest BCUT2D eigenvalue weighted by molar-refractivity contribution is -0.131. The summed E-state index contributed by atoms with van der Waals surface area (Å²) in [7, 11) is 1.74. The van der Waals surface area contributed by atoms with Crippen LogP contribution >= 0.6 is 0 Å². The summed E-state index contributed by atoms with van der Waals surface area (Å²) in [6, 6.07) is 11.4. The van der Waals surface area contributed by atoms with E-state index in [0.717, 1.165) is 49.4 Å². The summed E-state index contributed by atoms with van der Waals surface area (Å²) in [4.78, 5) is 39.2. The molecule has 198 valence electrons. The van der Waals surface area contributed by atoms with E-state index in [1.54, 1.807) is 18.1 Å². The zero-order valence-corrected chi connectivity index (χ0v) is 21.8. The second-order valence-electron chi connectivity index (χ2n) is 9.87. The highest BCUT2D eigenvalue weighted by Crippen LogP contribution is 2.36. The Balaban J connectivity index is 1.40. The zero-order valence-electron chi connectivity index (χ0n) is 21.8. The maximum Gasteiger partial charge on any atom is 0.331 e. The summed E-state index contributed by atoms with van der Waals surface area (Å²) in [5, 5.41) is 19.1. The molecule has 0 saturated carbocycles. The highest BCUT2D eigenvalue weighted by Gasteiger charge is 2.33. The Morgan fingerprint density at radius 1 is 1.13 bits per heavy atom. The van der Waals surface area contributed by atoms with E-state index in [1.165, 1.54) is 4.57 Å². The van der Waals surface area contributed by atoms with Gasteiger partial charge in [-0.25, -0.2) is 9.78 Å². The molecule has 3 aromatic rings. The van der Waals surface area contributed by atoms with Crippen molar-refractivity contribution in [2.75, 3.05) is 61.8 Å². The zero-order chi connectivity index (χ0) is 26.6. The molecule has 4 heterocycles. The molecule has 2 atom stereocenters. The van der Waals surface area contributed by atoms with Crippen LogP contribution in [0.3, 0.4) is 0 Å². The van der Waals surface area contributed by atoms with Crippen LogP contribution in [-0.4, -0.2) is 77.7 Å². The Morgan fingerprint density at radius 2 is 1.89 bits per heavy atom. The summed E-state index contributed by atoms with van der Waals surface area (Å²) in [6.45, 7) is 7.10. The normalized spacial score (nSPS) is 19.7. The highest BCUT2D eigenvalue weighted by atomic mass is 16.2. The summed E-state index contributed by atoms with van der Waals surface area (Å²) >= 11 is 0. The summed E-state index contributed by atoms with van der Waals surface area (Å²) in [5.74, 6) is 0.479. The molecule has 11 nitrogen and oxygen atoms in total. The van der Waals surface area contributed by atoms with Gasteiger partial charge in [0.15, 0.2) is 5.65 Å². The van der Waals surface area contributed by atoms with E-state index in [0.29, 0.717) is 30.4 Å². The lowest BCUT2D eigenvalue weighted by Crippen LogP contribution is -2.43. The minimum absolute atomic E-state index is 0.0413. The van der Waals surface area contributed by atoms with Crippen LogP contribution in [0, 0.1) is 17.2 Å².